The summed E-state index contributed by atoms with van der Waals surface area (Å²) in [4.78, 5) is 27.2. The second-order valence-electron chi connectivity index (χ2n) is 6.41. The molecule has 0 fully saturated rings. The van der Waals surface area contributed by atoms with Gasteiger partial charge in [0.15, 0.2) is 11.5 Å². The van der Waals surface area contributed by atoms with E-state index in [0.717, 1.165) is 6.07 Å². The predicted octanol–water partition coefficient (Wildman–Crippen LogP) is 2.37. The van der Waals surface area contributed by atoms with Gasteiger partial charge in [-0.05, 0) is 24.5 Å². The minimum absolute atomic E-state index is 0.0529. The van der Waals surface area contributed by atoms with Crippen molar-refractivity contribution in [1.29, 1.82) is 0 Å². The third-order valence-corrected chi connectivity index (χ3v) is 4.09. The lowest BCUT2D eigenvalue weighted by atomic mass is 9.96. The highest BCUT2D eigenvalue weighted by Gasteiger charge is 2.30. The molecule has 0 aliphatic carbocycles. The predicted molar refractivity (Wildman–Crippen MR) is 97.6 cm³/mol. The molecular weight excluding hydrogens is 384 g/mol. The number of carbonyl (C=O) groups excluding carboxylic acids is 1. The maximum absolute atomic E-state index is 12.4. The first kappa shape index (κ1) is 19.9. The van der Waals surface area contributed by atoms with Crippen molar-refractivity contribution in [2.45, 2.75) is 26.7 Å². The first-order valence-electron chi connectivity index (χ1n) is 8.66. The maximum Gasteiger partial charge on any atom is 0.394 e. The summed E-state index contributed by atoms with van der Waals surface area (Å²) in [6.07, 6.45) is 0. The Bertz CT molecular complexity index is 1080. The van der Waals surface area contributed by atoms with E-state index in [4.69, 9.17) is 9.63 Å². The summed E-state index contributed by atoms with van der Waals surface area (Å²) in [5.74, 6) is -3.62. The van der Waals surface area contributed by atoms with Crippen molar-refractivity contribution in [3.63, 3.8) is 0 Å². The molecule has 0 saturated carbocycles. The molecule has 4 N–H and O–H groups in total. The molecule has 29 heavy (non-hydrogen) atoms. The molecule has 1 aromatic carbocycles. The molecule has 0 aliphatic rings. The molecule has 0 radical (unpaired) electrons. The van der Waals surface area contributed by atoms with Crippen LogP contribution in [0.1, 0.15) is 53.4 Å². The van der Waals surface area contributed by atoms with E-state index in [2.05, 4.69) is 25.1 Å². The van der Waals surface area contributed by atoms with Gasteiger partial charge in [-0.15, -0.1) is 0 Å². The van der Waals surface area contributed by atoms with E-state index >= 15 is 0 Å². The Morgan fingerprint density at radius 2 is 1.86 bits per heavy atom. The Morgan fingerprint density at radius 1 is 1.14 bits per heavy atom. The maximum atomic E-state index is 12.4. The number of phenolic OH excluding ortho intramolecular Hbond substituents is 2. The first-order chi connectivity index (χ1) is 13.7. The molecule has 3 aromatic rings. The number of nitrogens with zero attached hydrogens (tertiary/aromatic N) is 3. The summed E-state index contributed by atoms with van der Waals surface area (Å²) in [7, 11) is 0. The number of aromatic hydroxyl groups is 2. The molecule has 0 saturated heterocycles. The number of benzene rings is 1. The van der Waals surface area contributed by atoms with Crippen LogP contribution >= 0.6 is 0 Å². The first-order valence-corrected chi connectivity index (χ1v) is 8.66. The van der Waals surface area contributed by atoms with Crippen LogP contribution in [0.15, 0.2) is 21.2 Å². The molecule has 0 atom stereocenters. The smallest absolute Gasteiger partial charge is 0.394 e. The fourth-order valence-electron chi connectivity index (χ4n) is 2.73. The van der Waals surface area contributed by atoms with Gasteiger partial charge in [0.2, 0.25) is 5.82 Å². The molecule has 0 spiro atoms. The molecule has 0 aliphatic heterocycles. The highest BCUT2D eigenvalue weighted by atomic mass is 16.5. The lowest BCUT2D eigenvalue weighted by molar-refractivity contribution is 0.0643. The second kappa shape index (κ2) is 7.62. The zero-order valence-corrected chi connectivity index (χ0v) is 15.8. The van der Waals surface area contributed by atoms with Gasteiger partial charge < -0.3 is 29.7 Å². The van der Waals surface area contributed by atoms with Crippen molar-refractivity contribution in [3.05, 3.63) is 29.3 Å². The van der Waals surface area contributed by atoms with Gasteiger partial charge in [0.25, 0.3) is 5.91 Å². The zero-order valence-electron chi connectivity index (χ0n) is 15.8. The number of carboxylic acids is 1. The SMILES string of the molecule is CCNC(=O)c1noc(-c2cc(C(C)C)c(O)cc2O)c1-c1noc(C(=O)O)n1. The van der Waals surface area contributed by atoms with E-state index in [0.29, 0.717) is 12.1 Å². The molecule has 3 rings (SSSR count). The highest BCUT2D eigenvalue weighted by molar-refractivity contribution is 6.01. The number of carbonyl (C=O) groups is 2. The average Bonchev–Trinajstić information content (AvgIpc) is 3.28. The highest BCUT2D eigenvalue weighted by Crippen LogP contribution is 2.42. The molecular formula is C18H18N4O7. The molecule has 1 amide bonds. The summed E-state index contributed by atoms with van der Waals surface area (Å²) < 4.78 is 9.99. The van der Waals surface area contributed by atoms with Crippen molar-refractivity contribution < 1.29 is 34.0 Å². The number of carboxylic acid groups (broad SMARTS) is 1. The zero-order chi connectivity index (χ0) is 21.3. The molecule has 0 unspecified atom stereocenters. The Labute approximate surface area is 164 Å². The van der Waals surface area contributed by atoms with Crippen molar-refractivity contribution in [2.75, 3.05) is 6.54 Å². The largest absolute Gasteiger partial charge is 0.508 e. The Hall–Kier alpha value is -3.89. The van der Waals surface area contributed by atoms with Gasteiger partial charge in [-0.3, -0.25) is 4.79 Å². The van der Waals surface area contributed by atoms with Gasteiger partial charge in [0.1, 0.15) is 17.1 Å². The van der Waals surface area contributed by atoms with Crippen LogP contribution in [0, 0.1) is 0 Å². The van der Waals surface area contributed by atoms with E-state index in [1.807, 2.05) is 13.8 Å². The number of hydrogen-bond donors (Lipinski definition) is 4. The van der Waals surface area contributed by atoms with Crippen LogP contribution in [0.5, 0.6) is 11.5 Å². The van der Waals surface area contributed by atoms with E-state index in [1.54, 1.807) is 6.92 Å². The van der Waals surface area contributed by atoms with Gasteiger partial charge >= 0.3 is 11.9 Å². The van der Waals surface area contributed by atoms with Crippen LogP contribution < -0.4 is 5.32 Å². The van der Waals surface area contributed by atoms with Crippen LogP contribution in [0.4, 0.5) is 0 Å². The van der Waals surface area contributed by atoms with E-state index in [-0.39, 0.29) is 45.8 Å². The summed E-state index contributed by atoms with van der Waals surface area (Å²) in [6.45, 7) is 5.69. The summed E-state index contributed by atoms with van der Waals surface area (Å²) in [5.41, 5.74) is 0.367. The third kappa shape index (κ3) is 3.61. The lowest BCUT2D eigenvalue weighted by Crippen LogP contribution is -2.23. The van der Waals surface area contributed by atoms with Crippen molar-refractivity contribution >= 4 is 11.9 Å². The molecule has 152 valence electrons. The van der Waals surface area contributed by atoms with Gasteiger partial charge in [-0.1, -0.05) is 24.2 Å². The summed E-state index contributed by atoms with van der Waals surface area (Å²) in [5, 5.41) is 39.4. The van der Waals surface area contributed by atoms with Gasteiger partial charge in [0, 0.05) is 12.6 Å². The minimum Gasteiger partial charge on any atom is -0.508 e. The van der Waals surface area contributed by atoms with Crippen LogP contribution in [0.25, 0.3) is 22.7 Å². The van der Waals surface area contributed by atoms with Crippen molar-refractivity contribution in [1.82, 2.24) is 20.6 Å². The molecule has 0 bridgehead atoms. The Kier molecular flexibility index (Phi) is 5.22. The van der Waals surface area contributed by atoms with E-state index in [1.165, 1.54) is 6.07 Å². The number of amides is 1. The lowest BCUT2D eigenvalue weighted by Gasteiger charge is -2.11. The number of aromatic carboxylic acids is 1. The number of phenols is 2. The van der Waals surface area contributed by atoms with Crippen molar-refractivity contribution in [3.8, 4) is 34.2 Å². The van der Waals surface area contributed by atoms with Crippen LogP contribution in [0.2, 0.25) is 0 Å². The van der Waals surface area contributed by atoms with Crippen molar-refractivity contribution in [2.24, 2.45) is 0 Å². The Balaban J connectivity index is 2.26. The number of rotatable bonds is 6. The monoisotopic (exact) mass is 402 g/mol. The normalized spacial score (nSPS) is 11.0. The molecule has 2 aromatic heterocycles. The fourth-order valence-corrected chi connectivity index (χ4v) is 2.73. The summed E-state index contributed by atoms with van der Waals surface area (Å²) >= 11 is 0. The summed E-state index contributed by atoms with van der Waals surface area (Å²) in [6, 6.07) is 2.63. The van der Waals surface area contributed by atoms with E-state index < -0.39 is 17.8 Å². The van der Waals surface area contributed by atoms with Gasteiger partial charge in [0.05, 0.1) is 5.56 Å². The standard InChI is InChI=1S/C18H18N4O7/c1-4-19-16(25)13-12(15-20-17(18(26)27)29-22-15)14(28-21-13)9-5-8(7(2)3)10(23)6-11(9)24/h5-7,23-24H,4H2,1-3H3,(H,19,25)(H,26,27). The Morgan fingerprint density at radius 3 is 2.45 bits per heavy atom. The fraction of sp³-hybridized carbons (Fsp3) is 0.278. The molecule has 11 nitrogen and oxygen atoms in total. The third-order valence-electron chi connectivity index (χ3n) is 4.09. The minimum atomic E-state index is -1.45. The van der Waals surface area contributed by atoms with Crippen LogP contribution in [-0.2, 0) is 0 Å². The molecule has 11 heteroatoms. The van der Waals surface area contributed by atoms with E-state index in [9.17, 15) is 19.8 Å². The van der Waals surface area contributed by atoms with Gasteiger partial charge in [-0.25, -0.2) is 4.79 Å². The number of nitrogens with one attached hydrogen (secondary N) is 1. The van der Waals surface area contributed by atoms with Gasteiger partial charge in [-0.2, -0.15) is 4.98 Å². The molecule has 2 heterocycles. The van der Waals surface area contributed by atoms with Crippen LogP contribution in [-0.4, -0.2) is 49.0 Å². The van der Waals surface area contributed by atoms with Crippen LogP contribution in [0.3, 0.4) is 0 Å². The second-order valence-corrected chi connectivity index (χ2v) is 6.41. The topological polar surface area (TPSA) is 172 Å². The number of aromatic nitrogens is 3. The quantitative estimate of drug-likeness (QED) is 0.479. The number of hydrogen-bond acceptors (Lipinski definition) is 9. The average molecular weight is 402 g/mol.